The van der Waals surface area contributed by atoms with Crippen LogP contribution in [0, 0.1) is 17.8 Å². The molecule has 0 saturated heterocycles. The van der Waals surface area contributed by atoms with Crippen molar-refractivity contribution in [3.05, 3.63) is 35.9 Å². The number of carbonyl (C=O) groups excluding carboxylic acids is 1. The lowest BCUT2D eigenvalue weighted by molar-refractivity contribution is -0.159. The lowest BCUT2D eigenvalue weighted by atomic mass is 9.74. The van der Waals surface area contributed by atoms with Gasteiger partial charge in [-0.3, -0.25) is 9.69 Å². The minimum Gasteiger partial charge on any atom is -0.473 e. The monoisotopic (exact) mass is 429 g/mol. The highest BCUT2D eigenvalue weighted by Gasteiger charge is 2.30. The summed E-state index contributed by atoms with van der Waals surface area (Å²) in [6.07, 6.45) is 7.52. The molecule has 0 radical (unpaired) electrons. The molecule has 0 aliphatic heterocycles. The highest BCUT2D eigenvalue weighted by atomic mass is 16.4. The maximum atomic E-state index is 13.0. The van der Waals surface area contributed by atoms with Gasteiger partial charge in [0.25, 0.3) is 0 Å². The first-order valence-corrected chi connectivity index (χ1v) is 11.1. The Morgan fingerprint density at radius 3 is 2.06 bits per heavy atom. The minimum absolute atomic E-state index is 0.0751. The topological polar surface area (TPSA) is 94.9 Å². The zero-order valence-corrected chi connectivity index (χ0v) is 18.7. The van der Waals surface area contributed by atoms with E-state index in [1.165, 1.54) is 37.7 Å². The van der Waals surface area contributed by atoms with Crippen LogP contribution in [0.25, 0.3) is 0 Å². The number of rotatable bonds is 8. The SMILES string of the molecule is CCN(CC)CC#CCCC(=O)C(c1ccccc1)C1CCCCC1.O=C(O)C(=O)O. The molecule has 1 aliphatic rings. The second kappa shape index (κ2) is 15.2. The first kappa shape index (κ1) is 26.4. The molecule has 0 spiro atoms. The van der Waals surface area contributed by atoms with Crippen molar-refractivity contribution >= 4 is 17.7 Å². The third-order valence-electron chi connectivity index (χ3n) is 5.63. The molecule has 6 nitrogen and oxygen atoms in total. The van der Waals surface area contributed by atoms with Gasteiger partial charge < -0.3 is 10.2 Å². The number of carboxylic acid groups (broad SMARTS) is 2. The Hall–Kier alpha value is -2.65. The number of carbonyl (C=O) groups is 3. The third kappa shape index (κ3) is 10.3. The standard InChI is InChI=1S/C23H33NO.C2H2O4/c1-3-24(4-2)19-13-7-12-18-22(25)23(20-14-8-5-9-15-20)21-16-10-6-11-17-21;3-1(4)2(5)6/h5,8-9,14-15,21,23H,3-4,6,10-12,16-19H2,1-2H3;(H,3,4)(H,5,6). The van der Waals surface area contributed by atoms with E-state index in [4.69, 9.17) is 19.8 Å². The van der Waals surface area contributed by atoms with E-state index in [1.807, 2.05) is 6.07 Å². The normalized spacial score (nSPS) is 14.5. The van der Waals surface area contributed by atoms with Crippen molar-refractivity contribution < 1.29 is 24.6 Å². The van der Waals surface area contributed by atoms with Crippen LogP contribution in [-0.4, -0.2) is 52.5 Å². The first-order valence-electron chi connectivity index (χ1n) is 11.1. The van der Waals surface area contributed by atoms with E-state index in [0.29, 0.717) is 24.5 Å². The summed E-state index contributed by atoms with van der Waals surface area (Å²) in [4.78, 5) is 33.5. The van der Waals surface area contributed by atoms with Crippen LogP contribution in [0.3, 0.4) is 0 Å². The number of nitrogens with zero attached hydrogens (tertiary/aromatic N) is 1. The van der Waals surface area contributed by atoms with Gasteiger partial charge in [0.1, 0.15) is 5.78 Å². The van der Waals surface area contributed by atoms with Gasteiger partial charge in [-0.25, -0.2) is 9.59 Å². The molecule has 1 atom stereocenters. The van der Waals surface area contributed by atoms with Crippen molar-refractivity contribution in [1.29, 1.82) is 0 Å². The predicted molar refractivity (Wildman–Crippen MR) is 121 cm³/mol. The fourth-order valence-electron chi connectivity index (χ4n) is 3.89. The van der Waals surface area contributed by atoms with Gasteiger partial charge in [0, 0.05) is 18.8 Å². The first-order chi connectivity index (χ1) is 14.9. The van der Waals surface area contributed by atoms with Gasteiger partial charge in [-0.2, -0.15) is 0 Å². The molecule has 2 N–H and O–H groups in total. The van der Waals surface area contributed by atoms with Crippen LogP contribution >= 0.6 is 0 Å². The van der Waals surface area contributed by atoms with Crippen molar-refractivity contribution in [3.63, 3.8) is 0 Å². The van der Waals surface area contributed by atoms with Gasteiger partial charge in [0.2, 0.25) is 0 Å². The summed E-state index contributed by atoms with van der Waals surface area (Å²) < 4.78 is 0. The zero-order valence-electron chi connectivity index (χ0n) is 18.7. The molecule has 0 heterocycles. The number of hydrogen-bond acceptors (Lipinski definition) is 4. The lowest BCUT2D eigenvalue weighted by Gasteiger charge is -2.29. The van der Waals surface area contributed by atoms with Crippen LogP contribution in [0.4, 0.5) is 0 Å². The van der Waals surface area contributed by atoms with Crippen molar-refractivity contribution in [2.45, 2.75) is 64.7 Å². The number of Topliss-reactive ketones (excluding diaryl/α,β-unsaturated/α-hetero) is 1. The molecule has 31 heavy (non-hydrogen) atoms. The maximum Gasteiger partial charge on any atom is 0.414 e. The Morgan fingerprint density at radius 2 is 1.55 bits per heavy atom. The average molecular weight is 430 g/mol. The summed E-state index contributed by atoms with van der Waals surface area (Å²) in [7, 11) is 0. The van der Waals surface area contributed by atoms with Crippen LogP contribution in [0.2, 0.25) is 0 Å². The molecule has 170 valence electrons. The molecule has 1 aromatic rings. The van der Waals surface area contributed by atoms with Gasteiger partial charge in [-0.15, -0.1) is 5.92 Å². The van der Waals surface area contributed by atoms with Gasteiger partial charge in [-0.1, -0.05) is 69.4 Å². The Labute approximate surface area is 185 Å². The molecular formula is C25H35NO5. The van der Waals surface area contributed by atoms with Crippen LogP contribution in [0.5, 0.6) is 0 Å². The van der Waals surface area contributed by atoms with Crippen LogP contribution < -0.4 is 0 Å². The zero-order chi connectivity index (χ0) is 23.1. The van der Waals surface area contributed by atoms with Gasteiger partial charge in [0.15, 0.2) is 0 Å². The van der Waals surface area contributed by atoms with Crippen LogP contribution in [0.1, 0.15) is 70.3 Å². The third-order valence-corrected chi connectivity index (χ3v) is 5.63. The number of hydrogen-bond donors (Lipinski definition) is 2. The molecule has 0 bridgehead atoms. The molecule has 1 fully saturated rings. The average Bonchev–Trinajstić information content (AvgIpc) is 2.78. The summed E-state index contributed by atoms with van der Waals surface area (Å²) in [5, 5.41) is 14.8. The number of ketones is 1. The summed E-state index contributed by atoms with van der Waals surface area (Å²) in [5.41, 5.74) is 1.20. The summed E-state index contributed by atoms with van der Waals surface area (Å²) in [6, 6.07) is 10.4. The summed E-state index contributed by atoms with van der Waals surface area (Å²) in [6.45, 7) is 7.18. The van der Waals surface area contributed by atoms with Crippen molar-refractivity contribution in [2.24, 2.45) is 5.92 Å². The van der Waals surface area contributed by atoms with E-state index in [0.717, 1.165) is 19.6 Å². The van der Waals surface area contributed by atoms with E-state index in [9.17, 15) is 4.79 Å². The van der Waals surface area contributed by atoms with E-state index < -0.39 is 11.9 Å². The molecule has 6 heteroatoms. The van der Waals surface area contributed by atoms with Crippen molar-refractivity contribution in [2.75, 3.05) is 19.6 Å². The van der Waals surface area contributed by atoms with Gasteiger partial charge in [-0.05, 0) is 37.4 Å². The quantitative estimate of drug-likeness (QED) is 0.475. The molecule has 1 unspecified atom stereocenters. The second-order valence-electron chi connectivity index (χ2n) is 7.68. The minimum atomic E-state index is -1.82. The van der Waals surface area contributed by atoms with Gasteiger partial charge >= 0.3 is 11.9 Å². The van der Waals surface area contributed by atoms with Gasteiger partial charge in [0.05, 0.1) is 6.54 Å². The van der Waals surface area contributed by atoms with Crippen LogP contribution in [0.15, 0.2) is 30.3 Å². The fourth-order valence-corrected chi connectivity index (χ4v) is 3.89. The summed E-state index contributed by atoms with van der Waals surface area (Å²) >= 11 is 0. The lowest BCUT2D eigenvalue weighted by Crippen LogP contribution is -2.24. The molecule has 0 aromatic heterocycles. The largest absolute Gasteiger partial charge is 0.473 e. The second-order valence-corrected chi connectivity index (χ2v) is 7.68. The summed E-state index contributed by atoms with van der Waals surface area (Å²) in [5.74, 6) is 3.77. The predicted octanol–water partition coefficient (Wildman–Crippen LogP) is 4.20. The highest BCUT2D eigenvalue weighted by molar-refractivity contribution is 6.27. The van der Waals surface area contributed by atoms with E-state index in [2.05, 4.69) is 54.9 Å². The molecule has 1 aliphatic carbocycles. The van der Waals surface area contributed by atoms with Crippen molar-refractivity contribution in [3.8, 4) is 11.8 Å². The van der Waals surface area contributed by atoms with E-state index >= 15 is 0 Å². The Balaban J connectivity index is 0.000000703. The molecule has 2 rings (SSSR count). The Morgan fingerprint density at radius 1 is 0.968 bits per heavy atom. The number of carboxylic acids is 2. The number of aliphatic carboxylic acids is 2. The highest BCUT2D eigenvalue weighted by Crippen LogP contribution is 2.37. The van der Waals surface area contributed by atoms with E-state index in [1.54, 1.807) is 0 Å². The molecule has 1 saturated carbocycles. The molecule has 1 aromatic carbocycles. The smallest absolute Gasteiger partial charge is 0.414 e. The molecular weight excluding hydrogens is 394 g/mol. The van der Waals surface area contributed by atoms with Crippen LogP contribution in [-0.2, 0) is 14.4 Å². The maximum absolute atomic E-state index is 13.0. The fraction of sp³-hybridized carbons (Fsp3) is 0.560. The van der Waals surface area contributed by atoms with E-state index in [-0.39, 0.29) is 5.92 Å². The number of benzene rings is 1. The Bertz CT molecular complexity index is 728. The molecule has 0 amide bonds. The Kier molecular flexibility index (Phi) is 12.9. The van der Waals surface area contributed by atoms with Crippen molar-refractivity contribution in [1.82, 2.24) is 4.90 Å².